The lowest BCUT2D eigenvalue weighted by molar-refractivity contribution is 0.147. The quantitative estimate of drug-likeness (QED) is 0.664. The highest BCUT2D eigenvalue weighted by Gasteiger charge is 2.25. The normalized spacial score (nSPS) is 12.1. The van der Waals surface area contributed by atoms with Crippen LogP contribution < -0.4 is 5.73 Å². The van der Waals surface area contributed by atoms with E-state index in [4.69, 9.17) is 28.0 Å². The first kappa shape index (κ1) is 12.4. The van der Waals surface area contributed by atoms with Crippen molar-refractivity contribution in [3.8, 4) is 0 Å². The van der Waals surface area contributed by atoms with Gasteiger partial charge in [-0.05, 0) is 6.07 Å². The van der Waals surface area contributed by atoms with E-state index in [0.29, 0.717) is 0 Å². The number of pyridine rings is 1. The second-order valence-electron chi connectivity index (χ2n) is 2.50. The minimum Gasteiger partial charge on any atom is -0.396 e. The van der Waals surface area contributed by atoms with Gasteiger partial charge in [0, 0.05) is 10.7 Å². The van der Waals surface area contributed by atoms with Crippen molar-refractivity contribution in [3.63, 3.8) is 0 Å². The van der Waals surface area contributed by atoms with E-state index in [9.17, 15) is 17.2 Å². The van der Waals surface area contributed by atoms with Crippen molar-refractivity contribution in [2.24, 2.45) is 0 Å². The number of alkyl halides is 2. The summed E-state index contributed by atoms with van der Waals surface area (Å²) in [6.07, 6.45) is -3.06. The number of hydrogen-bond acceptors (Lipinski definition) is 4. The Morgan fingerprint density at radius 1 is 1.47 bits per heavy atom. The predicted molar refractivity (Wildman–Crippen MR) is 51.7 cm³/mol. The number of hydrogen-bond donors (Lipinski definition) is 1. The van der Waals surface area contributed by atoms with Crippen LogP contribution in [0.25, 0.3) is 0 Å². The van der Waals surface area contributed by atoms with Crippen molar-refractivity contribution in [1.29, 1.82) is 0 Å². The number of halogens is 4. The van der Waals surface area contributed by atoms with Gasteiger partial charge in [-0.25, -0.2) is 22.2 Å². The van der Waals surface area contributed by atoms with Crippen LogP contribution in [0.5, 0.6) is 0 Å². The summed E-state index contributed by atoms with van der Waals surface area (Å²) in [4.78, 5) is 3.21. The molecule has 0 aliphatic rings. The molecule has 1 aromatic heterocycles. The Hall–Kier alpha value is -0.660. The summed E-state index contributed by atoms with van der Waals surface area (Å²) in [5, 5.41) is -1.36. The monoisotopic (exact) mass is 276 g/mol. The molecule has 9 heteroatoms. The fourth-order valence-corrected chi connectivity index (χ4v) is 2.05. The Bertz CT molecular complexity index is 492. The molecular weight excluding hydrogens is 273 g/mol. The Labute approximate surface area is 93.4 Å². The molecule has 0 atom stereocenters. The van der Waals surface area contributed by atoms with Crippen LogP contribution in [0.4, 0.5) is 14.5 Å². The molecule has 0 unspecified atom stereocenters. The number of aromatic nitrogens is 1. The number of nitrogens with two attached hydrogens (primary N) is 1. The lowest BCUT2D eigenvalue weighted by atomic mass is 10.3. The van der Waals surface area contributed by atoms with Gasteiger partial charge >= 0.3 is 0 Å². The molecule has 0 spiro atoms. The summed E-state index contributed by atoms with van der Waals surface area (Å²) in [5.74, 6) is 0. The van der Waals surface area contributed by atoms with Gasteiger partial charge in [-0.1, -0.05) is 11.6 Å². The first-order chi connectivity index (χ1) is 6.73. The maximum absolute atomic E-state index is 12.4. The highest BCUT2D eigenvalue weighted by Crippen LogP contribution is 2.31. The molecule has 0 aliphatic heterocycles. The summed E-state index contributed by atoms with van der Waals surface area (Å²) in [6, 6.07) is 0.731. The fraction of sp³-hybridized carbons (Fsp3) is 0.167. The summed E-state index contributed by atoms with van der Waals surface area (Å²) >= 11 is 5.39. The van der Waals surface area contributed by atoms with Crippen LogP contribution in [0.2, 0.25) is 5.15 Å². The van der Waals surface area contributed by atoms with Crippen molar-refractivity contribution in [3.05, 3.63) is 16.8 Å². The van der Waals surface area contributed by atoms with Crippen molar-refractivity contribution in [2.75, 3.05) is 5.73 Å². The molecule has 0 aliphatic carbocycles. The van der Waals surface area contributed by atoms with Gasteiger partial charge in [-0.3, -0.25) is 0 Å². The Morgan fingerprint density at radius 3 is 2.40 bits per heavy atom. The molecule has 4 nitrogen and oxygen atoms in total. The van der Waals surface area contributed by atoms with Crippen LogP contribution in [0, 0.1) is 0 Å². The van der Waals surface area contributed by atoms with Crippen LogP contribution in [0.15, 0.2) is 11.1 Å². The number of anilines is 1. The lowest BCUT2D eigenvalue weighted by Gasteiger charge is -2.07. The van der Waals surface area contributed by atoms with Gasteiger partial charge in [0.2, 0.25) is 0 Å². The van der Waals surface area contributed by atoms with E-state index in [1.807, 2.05) is 0 Å². The predicted octanol–water partition coefficient (Wildman–Crippen LogP) is 2.18. The topological polar surface area (TPSA) is 73.1 Å². The zero-order valence-corrected chi connectivity index (χ0v) is 9.24. The van der Waals surface area contributed by atoms with Crippen LogP contribution in [-0.2, 0) is 9.05 Å². The molecule has 0 fully saturated rings. The minimum absolute atomic E-state index is 0.240. The maximum Gasteiger partial charge on any atom is 0.279 e. The van der Waals surface area contributed by atoms with E-state index in [1.54, 1.807) is 0 Å². The number of nitrogen functional groups attached to an aromatic ring is 1. The van der Waals surface area contributed by atoms with Gasteiger partial charge in [0.1, 0.15) is 0 Å². The van der Waals surface area contributed by atoms with E-state index in [-0.39, 0.29) is 5.69 Å². The van der Waals surface area contributed by atoms with Crippen LogP contribution >= 0.6 is 22.3 Å². The van der Waals surface area contributed by atoms with Crippen molar-refractivity contribution in [1.82, 2.24) is 4.98 Å². The number of nitrogens with zero attached hydrogens (tertiary/aromatic N) is 1. The molecule has 1 heterocycles. The van der Waals surface area contributed by atoms with E-state index < -0.39 is 31.2 Å². The largest absolute Gasteiger partial charge is 0.396 e. The maximum atomic E-state index is 12.4. The summed E-state index contributed by atoms with van der Waals surface area (Å²) in [7, 11) is 0.532. The molecule has 0 bridgehead atoms. The molecule has 0 radical (unpaired) electrons. The first-order valence-corrected chi connectivity index (χ1v) is 6.11. The SMILES string of the molecule is Nc1cc(C(F)F)c(S(=O)(=O)Cl)nc1Cl. The lowest BCUT2D eigenvalue weighted by Crippen LogP contribution is -2.04. The summed E-state index contributed by atoms with van der Waals surface area (Å²) < 4.78 is 46.6. The molecule has 0 amide bonds. The molecule has 84 valence electrons. The molecule has 15 heavy (non-hydrogen) atoms. The van der Waals surface area contributed by atoms with E-state index in [1.165, 1.54) is 0 Å². The van der Waals surface area contributed by atoms with Gasteiger partial charge in [-0.15, -0.1) is 0 Å². The summed E-state index contributed by atoms with van der Waals surface area (Å²) in [5.41, 5.74) is 4.10. The van der Waals surface area contributed by atoms with Gasteiger partial charge < -0.3 is 5.73 Å². The Kier molecular flexibility index (Phi) is 3.37. The van der Waals surface area contributed by atoms with Gasteiger partial charge in [0.25, 0.3) is 15.5 Å². The van der Waals surface area contributed by atoms with Crippen molar-refractivity contribution in [2.45, 2.75) is 11.5 Å². The molecular formula is C6H4Cl2F2N2O2S. The average Bonchev–Trinajstić information content (AvgIpc) is 2.06. The highest BCUT2D eigenvalue weighted by molar-refractivity contribution is 8.13. The smallest absolute Gasteiger partial charge is 0.279 e. The van der Waals surface area contributed by atoms with Crippen LogP contribution in [0.1, 0.15) is 12.0 Å². The zero-order valence-electron chi connectivity index (χ0n) is 6.92. The highest BCUT2D eigenvalue weighted by atomic mass is 35.7. The van der Waals surface area contributed by atoms with Gasteiger partial charge in [0.05, 0.1) is 11.3 Å². The fourth-order valence-electron chi connectivity index (χ4n) is 0.859. The third-order valence-electron chi connectivity index (χ3n) is 1.46. The van der Waals surface area contributed by atoms with Crippen molar-refractivity contribution >= 4 is 37.0 Å². The second kappa shape index (κ2) is 4.07. The van der Waals surface area contributed by atoms with Crippen LogP contribution in [-0.4, -0.2) is 13.4 Å². The molecule has 2 N–H and O–H groups in total. The Morgan fingerprint density at radius 2 is 2.00 bits per heavy atom. The third kappa shape index (κ3) is 2.67. The Balaban J connectivity index is 3.56. The molecule has 1 aromatic rings. The third-order valence-corrected chi connectivity index (χ3v) is 2.99. The molecule has 1 rings (SSSR count). The van der Waals surface area contributed by atoms with E-state index in [2.05, 4.69) is 4.98 Å². The standard InChI is InChI=1S/C6H4Cl2F2N2O2S/c7-4-3(11)1-2(5(9)10)6(12-4)15(8,13)14/h1,5H,11H2. The second-order valence-corrected chi connectivity index (χ2v) is 5.34. The molecule has 0 saturated carbocycles. The van der Waals surface area contributed by atoms with Gasteiger partial charge in [0.15, 0.2) is 10.2 Å². The summed E-state index contributed by atoms with van der Waals surface area (Å²) in [6.45, 7) is 0. The zero-order chi connectivity index (χ0) is 11.8. The minimum atomic E-state index is -4.38. The average molecular weight is 277 g/mol. The van der Waals surface area contributed by atoms with Gasteiger partial charge in [-0.2, -0.15) is 0 Å². The van der Waals surface area contributed by atoms with E-state index >= 15 is 0 Å². The van der Waals surface area contributed by atoms with Crippen LogP contribution in [0.3, 0.4) is 0 Å². The molecule has 0 aromatic carbocycles. The van der Waals surface area contributed by atoms with E-state index in [0.717, 1.165) is 6.07 Å². The molecule has 0 saturated heterocycles. The van der Waals surface area contributed by atoms with Crippen molar-refractivity contribution < 1.29 is 17.2 Å². The number of rotatable bonds is 2. The first-order valence-electron chi connectivity index (χ1n) is 3.42.